The van der Waals surface area contributed by atoms with Gasteiger partial charge in [0.2, 0.25) is 0 Å². The molecule has 1 heterocycles. The van der Waals surface area contributed by atoms with Crippen LogP contribution in [0.1, 0.15) is 39.0 Å². The maximum absolute atomic E-state index is 7.88. The zero-order valence-corrected chi connectivity index (χ0v) is 12.5. The van der Waals surface area contributed by atoms with Gasteiger partial charge in [0.25, 0.3) is 0 Å². The number of halogens is 1. The number of nitrogens with zero attached hydrogens (tertiary/aromatic N) is 2. The van der Waals surface area contributed by atoms with Gasteiger partial charge in [-0.15, -0.1) is 12.4 Å². The molecule has 1 aliphatic heterocycles. The Hall–Kier alpha value is -1.23. The number of unbranched alkanes of at least 4 members (excludes halogenated alkanes) is 3. The molecule has 0 atom stereocenters. The molecule has 0 amide bonds. The fraction of sp³-hybridized carbons (Fsp3) is 0.692. The van der Waals surface area contributed by atoms with Crippen molar-refractivity contribution in [2.75, 3.05) is 19.6 Å². The first-order valence-electron chi connectivity index (χ1n) is 6.79. The van der Waals surface area contributed by atoms with E-state index in [1.54, 1.807) is 0 Å². The van der Waals surface area contributed by atoms with E-state index in [2.05, 4.69) is 29.4 Å². The van der Waals surface area contributed by atoms with Crippen molar-refractivity contribution in [2.45, 2.75) is 39.0 Å². The van der Waals surface area contributed by atoms with Crippen molar-refractivity contribution >= 4 is 24.3 Å². The van der Waals surface area contributed by atoms with Gasteiger partial charge in [0.05, 0.1) is 0 Å². The number of nitrogens with one attached hydrogen (secondary N) is 2. The molecule has 0 aromatic carbocycles. The third-order valence-corrected chi connectivity index (χ3v) is 2.91. The summed E-state index contributed by atoms with van der Waals surface area (Å²) in [4.78, 5) is 6.17. The fourth-order valence-electron chi connectivity index (χ4n) is 1.82. The molecule has 0 spiro atoms. The van der Waals surface area contributed by atoms with Crippen molar-refractivity contribution in [3.05, 3.63) is 12.2 Å². The summed E-state index contributed by atoms with van der Waals surface area (Å²) < 4.78 is 0. The van der Waals surface area contributed by atoms with Crippen LogP contribution in [0.3, 0.4) is 0 Å². The molecular formula is C13H26ClN5. The Balaban J connectivity index is 0.00000324. The highest BCUT2D eigenvalue weighted by atomic mass is 35.5. The molecule has 4 N–H and O–H groups in total. The Morgan fingerprint density at radius 1 is 1.37 bits per heavy atom. The molecule has 0 bridgehead atoms. The summed E-state index contributed by atoms with van der Waals surface area (Å²) in [6.07, 6.45) is 9.92. The molecule has 110 valence electrons. The Labute approximate surface area is 122 Å². The second-order valence-electron chi connectivity index (χ2n) is 4.51. The average Bonchev–Trinajstić information content (AvgIpc) is 2.39. The van der Waals surface area contributed by atoms with Crippen LogP contribution >= 0.6 is 12.4 Å². The Morgan fingerprint density at radius 3 is 2.79 bits per heavy atom. The molecule has 0 saturated carbocycles. The first kappa shape index (κ1) is 17.8. The van der Waals surface area contributed by atoms with Gasteiger partial charge in [0.15, 0.2) is 11.9 Å². The second-order valence-corrected chi connectivity index (χ2v) is 4.51. The molecule has 1 aliphatic rings. The molecule has 5 nitrogen and oxygen atoms in total. The summed E-state index contributed by atoms with van der Waals surface area (Å²) in [6.45, 7) is 4.57. The minimum Gasteiger partial charge on any atom is -0.370 e. The van der Waals surface area contributed by atoms with E-state index in [1.807, 2.05) is 4.90 Å². The lowest BCUT2D eigenvalue weighted by Crippen LogP contribution is -2.47. The molecular weight excluding hydrogens is 262 g/mol. The number of hydrogen-bond acceptors (Lipinski definition) is 2. The molecule has 1 rings (SSSR count). The summed E-state index contributed by atoms with van der Waals surface area (Å²) in [5, 5.41) is 10.7. The molecule has 0 fully saturated rings. The summed E-state index contributed by atoms with van der Waals surface area (Å²) in [5.74, 6) is 0.695. The van der Waals surface area contributed by atoms with Crippen LogP contribution in [0.25, 0.3) is 0 Å². The minimum atomic E-state index is 0. The zero-order valence-electron chi connectivity index (χ0n) is 11.7. The summed E-state index contributed by atoms with van der Waals surface area (Å²) in [5.41, 5.74) is 5.75. The van der Waals surface area contributed by atoms with Crippen molar-refractivity contribution in [1.29, 1.82) is 5.41 Å². The highest BCUT2D eigenvalue weighted by Gasteiger charge is 2.10. The van der Waals surface area contributed by atoms with E-state index < -0.39 is 0 Å². The number of guanidine groups is 2. The highest BCUT2D eigenvalue weighted by Crippen LogP contribution is 2.00. The monoisotopic (exact) mass is 287 g/mol. The largest absolute Gasteiger partial charge is 0.370 e. The van der Waals surface area contributed by atoms with E-state index in [0.717, 1.165) is 32.5 Å². The van der Waals surface area contributed by atoms with E-state index in [0.29, 0.717) is 11.9 Å². The van der Waals surface area contributed by atoms with Gasteiger partial charge < -0.3 is 10.6 Å². The van der Waals surface area contributed by atoms with Crippen LogP contribution in [0.15, 0.2) is 17.1 Å². The lowest BCUT2D eigenvalue weighted by Gasteiger charge is -2.25. The van der Waals surface area contributed by atoms with Crippen LogP contribution < -0.4 is 11.1 Å². The maximum Gasteiger partial charge on any atom is 0.198 e. The third-order valence-electron chi connectivity index (χ3n) is 2.91. The zero-order chi connectivity index (χ0) is 13.2. The number of aliphatic imine (C=N–C) groups is 1. The normalized spacial score (nSPS) is 15.0. The predicted molar refractivity (Wildman–Crippen MR) is 84.1 cm³/mol. The number of nitrogens with two attached hydrogens (primary N) is 1. The topological polar surface area (TPSA) is 77.5 Å². The van der Waals surface area contributed by atoms with Gasteiger partial charge in [0.1, 0.15) is 0 Å². The SMILES string of the molecule is CCCCCCN=C(N)NC(=N)N1CC=CCC1.Cl. The van der Waals surface area contributed by atoms with Crippen molar-refractivity contribution < 1.29 is 0 Å². The third kappa shape index (κ3) is 7.72. The second kappa shape index (κ2) is 10.7. The predicted octanol–water partition coefficient (Wildman–Crippen LogP) is 2.09. The van der Waals surface area contributed by atoms with Crippen LogP contribution in [0.5, 0.6) is 0 Å². The van der Waals surface area contributed by atoms with E-state index in [-0.39, 0.29) is 12.4 Å². The van der Waals surface area contributed by atoms with Gasteiger partial charge in [-0.1, -0.05) is 38.3 Å². The average molecular weight is 288 g/mol. The van der Waals surface area contributed by atoms with Crippen molar-refractivity contribution in [1.82, 2.24) is 10.2 Å². The van der Waals surface area contributed by atoms with Gasteiger partial charge >= 0.3 is 0 Å². The standard InChI is InChI=1S/C13H25N5.ClH/c1-2-3-4-6-9-16-12(14)17-13(15)18-10-7-5-8-11-18;/h5,7H,2-4,6,8-11H2,1H3,(H4,14,15,16,17);1H. The van der Waals surface area contributed by atoms with E-state index in [1.165, 1.54) is 19.3 Å². The van der Waals surface area contributed by atoms with Crippen LogP contribution in [0, 0.1) is 5.41 Å². The fourth-order valence-corrected chi connectivity index (χ4v) is 1.82. The van der Waals surface area contributed by atoms with E-state index in [4.69, 9.17) is 11.1 Å². The quantitative estimate of drug-likeness (QED) is 0.314. The van der Waals surface area contributed by atoms with Gasteiger partial charge in [0, 0.05) is 19.6 Å². The smallest absolute Gasteiger partial charge is 0.198 e. The van der Waals surface area contributed by atoms with Gasteiger partial charge in [-0.2, -0.15) is 0 Å². The summed E-state index contributed by atoms with van der Waals surface area (Å²) in [7, 11) is 0. The first-order valence-corrected chi connectivity index (χ1v) is 6.79. The maximum atomic E-state index is 7.88. The van der Waals surface area contributed by atoms with Crippen LogP contribution in [0.4, 0.5) is 0 Å². The molecule has 0 unspecified atom stereocenters. The van der Waals surface area contributed by atoms with E-state index >= 15 is 0 Å². The molecule has 6 heteroatoms. The van der Waals surface area contributed by atoms with Crippen molar-refractivity contribution in [3.8, 4) is 0 Å². The molecule has 0 aliphatic carbocycles. The first-order chi connectivity index (χ1) is 8.74. The van der Waals surface area contributed by atoms with Crippen LogP contribution in [0.2, 0.25) is 0 Å². The molecule has 0 saturated heterocycles. The molecule has 0 aromatic rings. The lowest BCUT2D eigenvalue weighted by atomic mass is 10.2. The Morgan fingerprint density at radius 2 is 2.16 bits per heavy atom. The molecule has 19 heavy (non-hydrogen) atoms. The molecule has 0 radical (unpaired) electrons. The summed E-state index contributed by atoms with van der Waals surface area (Å²) in [6, 6.07) is 0. The highest BCUT2D eigenvalue weighted by molar-refractivity contribution is 5.96. The van der Waals surface area contributed by atoms with Gasteiger partial charge in [-0.25, -0.2) is 0 Å². The van der Waals surface area contributed by atoms with E-state index in [9.17, 15) is 0 Å². The van der Waals surface area contributed by atoms with Gasteiger partial charge in [-0.05, 0) is 12.8 Å². The van der Waals surface area contributed by atoms with Crippen LogP contribution in [-0.2, 0) is 0 Å². The Kier molecular flexibility index (Phi) is 9.98. The number of rotatable bonds is 5. The summed E-state index contributed by atoms with van der Waals surface area (Å²) >= 11 is 0. The minimum absolute atomic E-state index is 0. The van der Waals surface area contributed by atoms with Crippen molar-refractivity contribution in [3.63, 3.8) is 0 Å². The number of hydrogen-bond donors (Lipinski definition) is 3. The van der Waals surface area contributed by atoms with Gasteiger partial charge in [-0.3, -0.25) is 15.7 Å². The Bertz CT molecular complexity index is 314. The molecule has 0 aromatic heterocycles. The van der Waals surface area contributed by atoms with Crippen LogP contribution in [-0.4, -0.2) is 36.5 Å². The lowest BCUT2D eigenvalue weighted by molar-refractivity contribution is 0.441. The van der Waals surface area contributed by atoms with Crippen molar-refractivity contribution in [2.24, 2.45) is 10.7 Å².